The van der Waals surface area contributed by atoms with Crippen molar-refractivity contribution in [1.82, 2.24) is 9.78 Å². The van der Waals surface area contributed by atoms with E-state index in [9.17, 15) is 14.9 Å². The Balaban J connectivity index is 2.73. The van der Waals surface area contributed by atoms with Gasteiger partial charge in [0.25, 0.3) is 5.69 Å². The third kappa shape index (κ3) is 1.86. The van der Waals surface area contributed by atoms with Crippen LogP contribution in [0.3, 0.4) is 0 Å². The molecule has 1 aromatic carbocycles. The van der Waals surface area contributed by atoms with Gasteiger partial charge in [0.15, 0.2) is 6.29 Å². The number of carbonyl (C=O) groups excluding carboxylic acids is 1. The van der Waals surface area contributed by atoms with Gasteiger partial charge in [0, 0.05) is 13.1 Å². The van der Waals surface area contributed by atoms with Gasteiger partial charge in [-0.1, -0.05) is 23.7 Å². The molecule has 0 saturated carbocycles. The molecule has 0 spiro atoms. The van der Waals surface area contributed by atoms with Gasteiger partial charge in [0.2, 0.25) is 0 Å². The lowest BCUT2D eigenvalue weighted by Gasteiger charge is -1.99. The molecular weight excluding hydrogens is 258 g/mol. The summed E-state index contributed by atoms with van der Waals surface area (Å²) in [7, 11) is 1.56. The van der Waals surface area contributed by atoms with Crippen molar-refractivity contribution >= 4 is 23.6 Å². The van der Waals surface area contributed by atoms with E-state index in [-0.39, 0.29) is 27.7 Å². The molecule has 0 fully saturated rings. The summed E-state index contributed by atoms with van der Waals surface area (Å²) in [6, 6.07) is 6.07. The highest BCUT2D eigenvalue weighted by molar-refractivity contribution is 6.32. The van der Waals surface area contributed by atoms with E-state index >= 15 is 0 Å². The summed E-state index contributed by atoms with van der Waals surface area (Å²) < 4.78 is 1.30. The quantitative estimate of drug-likeness (QED) is 0.485. The molecule has 0 aliphatic rings. The van der Waals surface area contributed by atoms with Gasteiger partial charge in [-0.15, -0.1) is 0 Å². The topological polar surface area (TPSA) is 78.0 Å². The number of aryl methyl sites for hydroxylation is 1. The Morgan fingerprint density at radius 3 is 2.72 bits per heavy atom. The number of hydrogen-bond acceptors (Lipinski definition) is 4. The molecule has 0 saturated heterocycles. The maximum atomic E-state index is 11.0. The van der Waals surface area contributed by atoms with Crippen LogP contribution in [0.15, 0.2) is 24.3 Å². The van der Waals surface area contributed by atoms with Crippen molar-refractivity contribution in [2.24, 2.45) is 7.05 Å². The molecule has 0 aliphatic heterocycles. The number of nitrogens with zero attached hydrogens (tertiary/aromatic N) is 3. The highest BCUT2D eigenvalue weighted by atomic mass is 35.5. The van der Waals surface area contributed by atoms with Crippen molar-refractivity contribution in [3.05, 3.63) is 45.1 Å². The Morgan fingerprint density at radius 2 is 2.11 bits per heavy atom. The van der Waals surface area contributed by atoms with Crippen LogP contribution in [0.4, 0.5) is 5.69 Å². The average molecular weight is 266 g/mol. The van der Waals surface area contributed by atoms with E-state index in [0.29, 0.717) is 6.29 Å². The Morgan fingerprint density at radius 1 is 1.44 bits per heavy atom. The van der Waals surface area contributed by atoms with Crippen molar-refractivity contribution in [1.29, 1.82) is 0 Å². The maximum absolute atomic E-state index is 11.0. The fraction of sp³-hybridized carbons (Fsp3) is 0.0909. The highest BCUT2D eigenvalue weighted by Crippen LogP contribution is 2.32. The molecule has 1 heterocycles. The van der Waals surface area contributed by atoms with Crippen LogP contribution in [-0.2, 0) is 7.05 Å². The molecule has 7 heteroatoms. The summed E-state index contributed by atoms with van der Waals surface area (Å²) in [6.07, 6.45) is 0.543. The molecule has 0 unspecified atom stereocenters. The molecule has 0 aliphatic carbocycles. The summed E-state index contributed by atoms with van der Waals surface area (Å²) in [5.41, 5.74) is 0.515. The molecule has 0 N–H and O–H groups in total. The highest BCUT2D eigenvalue weighted by Gasteiger charge is 2.22. The second kappa shape index (κ2) is 4.58. The summed E-state index contributed by atoms with van der Waals surface area (Å²) in [6.45, 7) is 0. The number of para-hydroxylation sites is 1. The van der Waals surface area contributed by atoms with Gasteiger partial charge in [-0.05, 0) is 6.07 Å². The van der Waals surface area contributed by atoms with Crippen LogP contribution in [0.25, 0.3) is 11.3 Å². The minimum Gasteiger partial charge on any atom is -0.298 e. The van der Waals surface area contributed by atoms with Crippen LogP contribution in [0, 0.1) is 10.1 Å². The van der Waals surface area contributed by atoms with Gasteiger partial charge in [-0.2, -0.15) is 5.10 Å². The van der Waals surface area contributed by atoms with E-state index in [1.54, 1.807) is 19.2 Å². The van der Waals surface area contributed by atoms with Crippen molar-refractivity contribution < 1.29 is 9.72 Å². The third-order valence-corrected chi connectivity index (χ3v) is 2.93. The molecule has 1 aromatic heterocycles. The fourth-order valence-corrected chi connectivity index (χ4v) is 1.83. The van der Waals surface area contributed by atoms with E-state index < -0.39 is 4.92 Å². The van der Waals surface area contributed by atoms with Crippen LogP contribution in [0.5, 0.6) is 0 Å². The van der Waals surface area contributed by atoms with E-state index in [4.69, 9.17) is 11.6 Å². The summed E-state index contributed by atoms with van der Waals surface area (Å²) in [5.74, 6) is 0. The molecule has 92 valence electrons. The van der Waals surface area contributed by atoms with E-state index in [1.165, 1.54) is 16.8 Å². The monoisotopic (exact) mass is 265 g/mol. The van der Waals surface area contributed by atoms with Crippen molar-refractivity contribution in [2.45, 2.75) is 0 Å². The number of rotatable bonds is 3. The number of benzene rings is 1. The fourth-order valence-electron chi connectivity index (χ4n) is 1.66. The molecule has 0 bridgehead atoms. The number of aldehydes is 1. The van der Waals surface area contributed by atoms with Crippen LogP contribution >= 0.6 is 11.6 Å². The number of halogens is 1. The smallest absolute Gasteiger partial charge is 0.278 e. The van der Waals surface area contributed by atoms with Crippen molar-refractivity contribution in [3.63, 3.8) is 0 Å². The Hall–Kier alpha value is -2.21. The Kier molecular flexibility index (Phi) is 3.12. The zero-order valence-corrected chi connectivity index (χ0v) is 10.1. The van der Waals surface area contributed by atoms with Gasteiger partial charge in [-0.3, -0.25) is 19.6 Å². The minimum atomic E-state index is -0.521. The van der Waals surface area contributed by atoms with E-state index in [1.807, 2.05) is 0 Å². The number of hydrogen-bond donors (Lipinski definition) is 0. The summed E-state index contributed by atoms with van der Waals surface area (Å²) >= 11 is 5.90. The third-order valence-electron chi connectivity index (χ3n) is 2.49. The van der Waals surface area contributed by atoms with Crippen LogP contribution < -0.4 is 0 Å². The molecule has 18 heavy (non-hydrogen) atoms. The van der Waals surface area contributed by atoms with E-state index in [2.05, 4.69) is 5.10 Å². The number of nitro benzene ring substituents is 1. The first-order valence-corrected chi connectivity index (χ1v) is 5.35. The normalized spacial score (nSPS) is 10.3. The van der Waals surface area contributed by atoms with Crippen molar-refractivity contribution in [2.75, 3.05) is 0 Å². The second-order valence-corrected chi connectivity index (χ2v) is 3.93. The van der Waals surface area contributed by atoms with Gasteiger partial charge in [0.05, 0.1) is 16.1 Å². The standard InChI is InChI=1S/C11H8ClN3O3/c1-14-11(12)8(6-16)10(13-14)7-4-2-3-5-9(7)15(17)18/h2-6H,1H3. The average Bonchev–Trinajstić information content (AvgIpc) is 2.65. The predicted molar refractivity (Wildman–Crippen MR) is 65.7 cm³/mol. The lowest BCUT2D eigenvalue weighted by molar-refractivity contribution is -0.384. The number of aromatic nitrogens is 2. The maximum Gasteiger partial charge on any atom is 0.278 e. The second-order valence-electron chi connectivity index (χ2n) is 3.57. The molecule has 6 nitrogen and oxygen atoms in total. The molecule has 0 atom stereocenters. The zero-order chi connectivity index (χ0) is 13.3. The lowest BCUT2D eigenvalue weighted by atomic mass is 10.1. The largest absolute Gasteiger partial charge is 0.298 e. The lowest BCUT2D eigenvalue weighted by Crippen LogP contribution is -1.94. The molecule has 0 radical (unpaired) electrons. The van der Waals surface area contributed by atoms with Gasteiger partial charge < -0.3 is 0 Å². The molecule has 0 amide bonds. The Bertz CT molecular complexity index is 636. The first-order valence-electron chi connectivity index (χ1n) is 4.97. The molecular formula is C11H8ClN3O3. The molecule has 2 aromatic rings. The molecule has 2 rings (SSSR count). The van der Waals surface area contributed by atoms with Crippen molar-refractivity contribution in [3.8, 4) is 11.3 Å². The number of nitro groups is 1. The predicted octanol–water partition coefficient (Wildman–Crippen LogP) is 2.46. The first kappa shape index (κ1) is 12.3. The SMILES string of the molecule is Cn1nc(-c2ccccc2[N+](=O)[O-])c(C=O)c1Cl. The summed E-state index contributed by atoms with van der Waals surface area (Å²) in [4.78, 5) is 21.4. The first-order chi connectivity index (χ1) is 8.56. The van der Waals surface area contributed by atoms with Crippen LogP contribution in [0.2, 0.25) is 5.15 Å². The van der Waals surface area contributed by atoms with Gasteiger partial charge >= 0.3 is 0 Å². The Labute approximate surface area is 107 Å². The zero-order valence-electron chi connectivity index (χ0n) is 9.33. The van der Waals surface area contributed by atoms with Gasteiger partial charge in [0.1, 0.15) is 10.8 Å². The van der Waals surface area contributed by atoms with E-state index in [0.717, 1.165) is 0 Å². The van der Waals surface area contributed by atoms with Crippen LogP contribution in [-0.4, -0.2) is 21.0 Å². The minimum absolute atomic E-state index is 0.115. The van der Waals surface area contributed by atoms with Crippen LogP contribution in [0.1, 0.15) is 10.4 Å². The summed E-state index contributed by atoms with van der Waals surface area (Å²) in [5, 5.41) is 15.1. The van der Waals surface area contributed by atoms with Gasteiger partial charge in [-0.25, -0.2) is 0 Å². The number of carbonyl (C=O) groups is 1.